The van der Waals surface area contributed by atoms with Crippen molar-refractivity contribution in [2.75, 3.05) is 5.32 Å². The zero-order valence-electron chi connectivity index (χ0n) is 15.1. The Morgan fingerprint density at radius 2 is 2.04 bits per heavy atom. The first-order valence-corrected chi connectivity index (χ1v) is 9.07. The molecule has 6 nitrogen and oxygen atoms in total. The second-order valence-electron chi connectivity index (χ2n) is 6.39. The number of amides is 1. The van der Waals surface area contributed by atoms with Crippen molar-refractivity contribution >= 4 is 23.2 Å². The molecule has 0 bridgehead atoms. The zero-order chi connectivity index (χ0) is 19.5. The van der Waals surface area contributed by atoms with Crippen LogP contribution >= 0.6 is 11.6 Å². The van der Waals surface area contributed by atoms with Crippen LogP contribution in [0.25, 0.3) is 11.3 Å². The van der Waals surface area contributed by atoms with Gasteiger partial charge in [0.1, 0.15) is 0 Å². The van der Waals surface area contributed by atoms with Gasteiger partial charge in [0.2, 0.25) is 0 Å². The van der Waals surface area contributed by atoms with Crippen LogP contribution in [0.4, 0.5) is 5.69 Å². The first kappa shape index (κ1) is 18.0. The van der Waals surface area contributed by atoms with Gasteiger partial charge in [-0.05, 0) is 30.2 Å². The van der Waals surface area contributed by atoms with Crippen LogP contribution in [-0.4, -0.2) is 20.8 Å². The van der Waals surface area contributed by atoms with Crippen molar-refractivity contribution < 1.29 is 9.32 Å². The Morgan fingerprint density at radius 1 is 1.18 bits per heavy atom. The molecule has 0 radical (unpaired) electrons. The molecule has 0 unspecified atom stereocenters. The number of hydrogen-bond acceptors (Lipinski definition) is 4. The summed E-state index contributed by atoms with van der Waals surface area (Å²) in [4.78, 5) is 12.5. The molecular weight excluding hydrogens is 376 g/mol. The number of hydrogen-bond donors (Lipinski definition) is 1. The number of nitrogens with one attached hydrogen (secondary N) is 1. The summed E-state index contributed by atoms with van der Waals surface area (Å²) in [7, 11) is 0. The average Bonchev–Trinajstić information content (AvgIpc) is 3.33. The second kappa shape index (κ2) is 7.70. The first-order chi connectivity index (χ1) is 13.6. The van der Waals surface area contributed by atoms with E-state index in [-0.39, 0.29) is 11.6 Å². The molecule has 1 N–H and O–H groups in total. The van der Waals surface area contributed by atoms with Crippen molar-refractivity contribution in [3.05, 3.63) is 88.8 Å². The fourth-order valence-corrected chi connectivity index (χ4v) is 3.02. The van der Waals surface area contributed by atoms with Crippen molar-refractivity contribution in [3.8, 4) is 11.3 Å². The summed E-state index contributed by atoms with van der Waals surface area (Å²) in [5, 5.41) is 11.5. The van der Waals surface area contributed by atoms with E-state index in [0.29, 0.717) is 23.0 Å². The van der Waals surface area contributed by atoms with E-state index < -0.39 is 0 Å². The Hall–Kier alpha value is -3.38. The lowest BCUT2D eigenvalue weighted by Crippen LogP contribution is -2.11. The van der Waals surface area contributed by atoms with Gasteiger partial charge in [-0.15, -0.1) is 0 Å². The van der Waals surface area contributed by atoms with Crippen LogP contribution in [-0.2, 0) is 6.54 Å². The first-order valence-electron chi connectivity index (χ1n) is 8.69. The largest absolute Gasteiger partial charge is 0.355 e. The molecule has 0 saturated heterocycles. The molecule has 0 fully saturated rings. The smallest absolute Gasteiger partial charge is 0.277 e. The number of nitrogens with zero attached hydrogens (tertiary/aromatic N) is 3. The van der Waals surface area contributed by atoms with E-state index in [1.807, 2.05) is 24.3 Å². The third kappa shape index (κ3) is 3.97. The Kier molecular flexibility index (Phi) is 4.95. The van der Waals surface area contributed by atoms with Crippen LogP contribution < -0.4 is 5.32 Å². The molecule has 7 heteroatoms. The van der Waals surface area contributed by atoms with E-state index in [0.717, 1.165) is 5.56 Å². The van der Waals surface area contributed by atoms with Gasteiger partial charge in [-0.1, -0.05) is 53.2 Å². The number of carbonyl (C=O) groups excluding carboxylic acids is 1. The van der Waals surface area contributed by atoms with E-state index in [4.69, 9.17) is 16.1 Å². The minimum Gasteiger partial charge on any atom is -0.355 e. The highest BCUT2D eigenvalue weighted by molar-refractivity contribution is 6.30. The summed E-state index contributed by atoms with van der Waals surface area (Å²) >= 11 is 5.99. The Bertz CT molecular complexity index is 1130. The quantitative estimate of drug-likeness (QED) is 0.529. The molecule has 2 heterocycles. The molecule has 0 spiro atoms. The number of anilines is 1. The van der Waals surface area contributed by atoms with E-state index >= 15 is 0 Å². The maximum Gasteiger partial charge on any atom is 0.277 e. The Balaban J connectivity index is 1.45. The summed E-state index contributed by atoms with van der Waals surface area (Å²) in [6.45, 7) is 2.69. The number of rotatable bonds is 5. The molecule has 0 aliphatic rings. The van der Waals surface area contributed by atoms with Gasteiger partial charge < -0.3 is 9.84 Å². The van der Waals surface area contributed by atoms with Gasteiger partial charge in [0.25, 0.3) is 5.91 Å². The van der Waals surface area contributed by atoms with Gasteiger partial charge >= 0.3 is 0 Å². The van der Waals surface area contributed by atoms with Gasteiger partial charge in [0, 0.05) is 22.8 Å². The van der Waals surface area contributed by atoms with Crippen LogP contribution in [0.5, 0.6) is 0 Å². The minimum atomic E-state index is -0.368. The van der Waals surface area contributed by atoms with E-state index in [1.54, 1.807) is 35.3 Å². The fraction of sp³-hybridized carbons (Fsp3) is 0.0952. The van der Waals surface area contributed by atoms with E-state index in [2.05, 4.69) is 34.6 Å². The monoisotopic (exact) mass is 392 g/mol. The lowest BCUT2D eigenvalue weighted by atomic mass is 10.1. The SMILES string of the molecule is Cc1ccccc1Cn1cc(NC(=O)c2cc(-c3cccc(Cl)c3)on2)cn1. The van der Waals surface area contributed by atoms with Crippen LogP contribution in [0.15, 0.2) is 71.5 Å². The van der Waals surface area contributed by atoms with Gasteiger partial charge in [0.15, 0.2) is 11.5 Å². The number of benzene rings is 2. The van der Waals surface area contributed by atoms with E-state index in [1.165, 1.54) is 11.1 Å². The summed E-state index contributed by atoms with van der Waals surface area (Å²) in [5.74, 6) is 0.107. The standard InChI is InChI=1S/C21H17ClN4O2/c1-14-5-2-3-6-16(14)12-26-13-18(11-23-26)24-21(27)19-10-20(28-25-19)15-7-4-8-17(22)9-15/h2-11,13H,12H2,1H3,(H,24,27). The lowest BCUT2D eigenvalue weighted by molar-refractivity contribution is 0.101. The molecule has 0 aliphatic carbocycles. The molecule has 0 atom stereocenters. The van der Waals surface area contributed by atoms with E-state index in [9.17, 15) is 4.79 Å². The van der Waals surface area contributed by atoms with Crippen LogP contribution in [0.3, 0.4) is 0 Å². The highest BCUT2D eigenvalue weighted by Gasteiger charge is 2.15. The minimum absolute atomic E-state index is 0.182. The molecule has 140 valence electrons. The molecule has 2 aromatic carbocycles. The second-order valence-corrected chi connectivity index (χ2v) is 6.83. The van der Waals surface area contributed by atoms with Crippen molar-refractivity contribution in [1.82, 2.24) is 14.9 Å². The normalized spacial score (nSPS) is 10.8. The predicted molar refractivity (Wildman–Crippen MR) is 107 cm³/mol. The molecule has 28 heavy (non-hydrogen) atoms. The number of halogens is 1. The van der Waals surface area contributed by atoms with Gasteiger partial charge in [-0.25, -0.2) is 0 Å². The summed E-state index contributed by atoms with van der Waals surface area (Å²) in [6.07, 6.45) is 3.39. The molecule has 2 aromatic heterocycles. The lowest BCUT2D eigenvalue weighted by Gasteiger charge is -2.05. The van der Waals surface area contributed by atoms with Crippen molar-refractivity contribution in [1.29, 1.82) is 0 Å². The third-order valence-corrected chi connectivity index (χ3v) is 4.57. The van der Waals surface area contributed by atoms with Crippen LogP contribution in [0, 0.1) is 6.92 Å². The van der Waals surface area contributed by atoms with Crippen molar-refractivity contribution in [2.45, 2.75) is 13.5 Å². The molecule has 0 aliphatic heterocycles. The van der Waals surface area contributed by atoms with Crippen molar-refractivity contribution in [2.24, 2.45) is 0 Å². The molecular formula is C21H17ClN4O2. The summed E-state index contributed by atoms with van der Waals surface area (Å²) < 4.78 is 7.05. The average molecular weight is 393 g/mol. The van der Waals surface area contributed by atoms with Gasteiger partial charge in [-0.3, -0.25) is 9.48 Å². The Morgan fingerprint density at radius 3 is 2.86 bits per heavy atom. The number of carbonyl (C=O) groups is 1. The third-order valence-electron chi connectivity index (χ3n) is 4.34. The van der Waals surface area contributed by atoms with Crippen molar-refractivity contribution in [3.63, 3.8) is 0 Å². The number of aryl methyl sites for hydroxylation is 1. The maximum absolute atomic E-state index is 12.5. The van der Waals surface area contributed by atoms with Gasteiger partial charge in [0.05, 0.1) is 18.4 Å². The fourth-order valence-electron chi connectivity index (χ4n) is 2.83. The zero-order valence-corrected chi connectivity index (χ0v) is 15.8. The maximum atomic E-state index is 12.5. The molecule has 0 saturated carbocycles. The highest BCUT2D eigenvalue weighted by atomic mass is 35.5. The van der Waals surface area contributed by atoms with Crippen LogP contribution in [0.2, 0.25) is 5.02 Å². The van der Waals surface area contributed by atoms with Crippen LogP contribution in [0.1, 0.15) is 21.6 Å². The summed E-state index contributed by atoms with van der Waals surface area (Å²) in [5.41, 5.74) is 3.89. The molecule has 1 amide bonds. The number of aromatic nitrogens is 3. The molecule has 4 rings (SSSR count). The summed E-state index contributed by atoms with van der Waals surface area (Å²) in [6, 6.07) is 16.9. The predicted octanol–water partition coefficient (Wildman–Crippen LogP) is 4.80. The highest BCUT2D eigenvalue weighted by Crippen LogP contribution is 2.23. The topological polar surface area (TPSA) is 73.0 Å². The Labute approximate surface area is 166 Å². The van der Waals surface area contributed by atoms with Gasteiger partial charge in [-0.2, -0.15) is 5.10 Å². The molecule has 4 aromatic rings.